The number of para-hydroxylation sites is 3. The Balaban J connectivity index is 1.52. The van der Waals surface area contributed by atoms with Crippen molar-refractivity contribution in [3.05, 3.63) is 145 Å². The van der Waals surface area contributed by atoms with E-state index in [0.29, 0.717) is 0 Å². The summed E-state index contributed by atoms with van der Waals surface area (Å²) in [6, 6.07) is 49.5. The van der Waals surface area contributed by atoms with E-state index in [-0.39, 0.29) is 0 Å². The molecule has 2 heteroatoms. The molecule has 36 heavy (non-hydrogen) atoms. The van der Waals surface area contributed by atoms with Crippen LogP contribution in [0, 0.1) is 0 Å². The van der Waals surface area contributed by atoms with Gasteiger partial charge in [0, 0.05) is 34.1 Å². The van der Waals surface area contributed by atoms with Gasteiger partial charge in [0.25, 0.3) is 0 Å². The number of nitrogens with zero attached hydrogens (tertiary/aromatic N) is 2. The highest BCUT2D eigenvalue weighted by Crippen LogP contribution is 2.38. The first-order valence-corrected chi connectivity index (χ1v) is 12.8. The van der Waals surface area contributed by atoms with Gasteiger partial charge in [0.15, 0.2) is 0 Å². The molecular weight excluding hydrogens is 436 g/mol. The molecule has 0 aliphatic rings. The second-order valence-corrected chi connectivity index (χ2v) is 8.96. The summed E-state index contributed by atoms with van der Waals surface area (Å²) in [5.41, 5.74) is 8.24. The van der Waals surface area contributed by atoms with Crippen molar-refractivity contribution < 1.29 is 0 Å². The van der Waals surface area contributed by atoms with Gasteiger partial charge in [0.1, 0.15) is 0 Å². The monoisotopic (exact) mass is 468 g/mol. The van der Waals surface area contributed by atoms with Crippen LogP contribution in [0.15, 0.2) is 140 Å². The van der Waals surface area contributed by atoms with Gasteiger partial charge in [-0.25, -0.2) is 0 Å². The smallest absolute Gasteiger partial charge is 0.0463 e. The standard InChI is InChI=1S/C34H32N2/c1-2-3-13-28-20-22-32(23-21-28)36(31-18-11-6-12-19-31)34-26-24-33(25-27-34)35(29-14-7-4-8-15-29)30-16-9-5-10-17-30/h4-12,14-27H,2-3,13H2,1H3. The van der Waals surface area contributed by atoms with E-state index in [1.165, 1.54) is 18.4 Å². The van der Waals surface area contributed by atoms with Gasteiger partial charge < -0.3 is 9.80 Å². The molecule has 0 atom stereocenters. The molecule has 0 N–H and O–H groups in total. The van der Waals surface area contributed by atoms with E-state index in [4.69, 9.17) is 0 Å². The predicted octanol–water partition coefficient (Wildman–Crippen LogP) is 9.97. The summed E-state index contributed by atoms with van der Waals surface area (Å²) < 4.78 is 0. The van der Waals surface area contributed by atoms with Gasteiger partial charge >= 0.3 is 0 Å². The molecule has 0 bridgehead atoms. The average Bonchev–Trinajstić information content (AvgIpc) is 2.95. The lowest BCUT2D eigenvalue weighted by Gasteiger charge is -2.28. The molecule has 0 aliphatic heterocycles. The minimum Gasteiger partial charge on any atom is -0.311 e. The Kier molecular flexibility index (Phi) is 7.44. The van der Waals surface area contributed by atoms with E-state index in [9.17, 15) is 0 Å². The van der Waals surface area contributed by atoms with Crippen LogP contribution < -0.4 is 9.80 Å². The summed E-state index contributed by atoms with van der Waals surface area (Å²) in [5, 5.41) is 0. The summed E-state index contributed by atoms with van der Waals surface area (Å²) in [7, 11) is 0. The Hall–Kier alpha value is -4.30. The Morgan fingerprint density at radius 1 is 0.389 bits per heavy atom. The summed E-state index contributed by atoms with van der Waals surface area (Å²) in [6.07, 6.45) is 3.57. The fourth-order valence-corrected chi connectivity index (χ4v) is 4.57. The molecule has 0 aromatic heterocycles. The molecule has 0 amide bonds. The maximum atomic E-state index is 2.32. The number of rotatable bonds is 9. The maximum absolute atomic E-state index is 2.32. The SMILES string of the molecule is CCCCc1ccc(N(c2ccccc2)c2ccc(N(c3ccccc3)c3ccccc3)cc2)cc1. The molecule has 5 aromatic rings. The Bertz CT molecular complexity index is 1290. The first-order valence-electron chi connectivity index (χ1n) is 12.8. The highest BCUT2D eigenvalue weighted by Gasteiger charge is 2.15. The van der Waals surface area contributed by atoms with Crippen molar-refractivity contribution in [2.24, 2.45) is 0 Å². The van der Waals surface area contributed by atoms with E-state index in [1.807, 2.05) is 0 Å². The second-order valence-electron chi connectivity index (χ2n) is 8.96. The van der Waals surface area contributed by atoms with Crippen LogP contribution >= 0.6 is 0 Å². The van der Waals surface area contributed by atoms with Crippen LogP contribution in [0.25, 0.3) is 0 Å². The maximum Gasteiger partial charge on any atom is 0.0463 e. The lowest BCUT2D eigenvalue weighted by Crippen LogP contribution is -2.12. The lowest BCUT2D eigenvalue weighted by molar-refractivity contribution is 0.795. The van der Waals surface area contributed by atoms with Crippen LogP contribution in [0.3, 0.4) is 0 Å². The molecule has 0 spiro atoms. The molecule has 5 aromatic carbocycles. The molecule has 5 rings (SSSR count). The van der Waals surface area contributed by atoms with Crippen LogP contribution in [-0.4, -0.2) is 0 Å². The summed E-state index contributed by atoms with van der Waals surface area (Å²) >= 11 is 0. The molecule has 0 saturated carbocycles. The third kappa shape index (κ3) is 5.34. The van der Waals surface area contributed by atoms with Crippen LogP contribution in [0.4, 0.5) is 34.1 Å². The van der Waals surface area contributed by atoms with Crippen LogP contribution in [0.1, 0.15) is 25.3 Å². The Morgan fingerprint density at radius 3 is 1.03 bits per heavy atom. The van der Waals surface area contributed by atoms with E-state index < -0.39 is 0 Å². The van der Waals surface area contributed by atoms with Crippen molar-refractivity contribution in [3.8, 4) is 0 Å². The van der Waals surface area contributed by atoms with Crippen molar-refractivity contribution in [2.45, 2.75) is 26.2 Å². The molecule has 0 unspecified atom stereocenters. The van der Waals surface area contributed by atoms with E-state index in [2.05, 4.69) is 156 Å². The molecule has 0 saturated heterocycles. The van der Waals surface area contributed by atoms with Crippen molar-refractivity contribution in [1.82, 2.24) is 0 Å². The zero-order chi connectivity index (χ0) is 24.6. The Morgan fingerprint density at radius 2 is 0.694 bits per heavy atom. The van der Waals surface area contributed by atoms with Gasteiger partial charge in [-0.2, -0.15) is 0 Å². The predicted molar refractivity (Wildman–Crippen MR) is 154 cm³/mol. The molecular formula is C34H32N2. The van der Waals surface area contributed by atoms with Gasteiger partial charge in [-0.15, -0.1) is 0 Å². The molecule has 0 fully saturated rings. The van der Waals surface area contributed by atoms with Gasteiger partial charge in [-0.1, -0.05) is 80.1 Å². The summed E-state index contributed by atoms with van der Waals surface area (Å²) in [6.45, 7) is 2.24. The highest BCUT2D eigenvalue weighted by molar-refractivity contribution is 5.81. The third-order valence-corrected chi connectivity index (χ3v) is 6.42. The quantitative estimate of drug-likeness (QED) is 0.212. The van der Waals surface area contributed by atoms with Crippen molar-refractivity contribution in [1.29, 1.82) is 0 Å². The largest absolute Gasteiger partial charge is 0.311 e. The van der Waals surface area contributed by atoms with E-state index in [1.54, 1.807) is 0 Å². The zero-order valence-electron chi connectivity index (χ0n) is 20.8. The molecule has 2 nitrogen and oxygen atoms in total. The number of unbranched alkanes of at least 4 members (excludes halogenated alkanes) is 1. The molecule has 178 valence electrons. The van der Waals surface area contributed by atoms with Crippen LogP contribution in [-0.2, 0) is 6.42 Å². The van der Waals surface area contributed by atoms with E-state index in [0.717, 1.165) is 40.5 Å². The minimum absolute atomic E-state index is 1.12. The van der Waals surface area contributed by atoms with Gasteiger partial charge in [0.05, 0.1) is 0 Å². The zero-order valence-corrected chi connectivity index (χ0v) is 20.8. The normalized spacial score (nSPS) is 10.7. The summed E-state index contributed by atoms with van der Waals surface area (Å²) in [4.78, 5) is 4.61. The first-order chi connectivity index (χ1) is 17.8. The Labute approximate surface area is 215 Å². The van der Waals surface area contributed by atoms with Crippen LogP contribution in [0.2, 0.25) is 0 Å². The molecule has 0 radical (unpaired) electrons. The fourth-order valence-electron chi connectivity index (χ4n) is 4.57. The second kappa shape index (κ2) is 11.4. The average molecular weight is 469 g/mol. The number of hydrogen-bond donors (Lipinski definition) is 0. The number of aryl methyl sites for hydroxylation is 1. The van der Waals surface area contributed by atoms with Crippen molar-refractivity contribution in [2.75, 3.05) is 9.80 Å². The third-order valence-electron chi connectivity index (χ3n) is 6.42. The lowest BCUT2D eigenvalue weighted by atomic mass is 10.1. The number of benzene rings is 5. The minimum atomic E-state index is 1.12. The van der Waals surface area contributed by atoms with Gasteiger partial charge in [-0.3, -0.25) is 0 Å². The van der Waals surface area contributed by atoms with Gasteiger partial charge in [0.2, 0.25) is 0 Å². The van der Waals surface area contributed by atoms with Crippen molar-refractivity contribution >= 4 is 34.1 Å². The highest BCUT2D eigenvalue weighted by atomic mass is 15.2. The van der Waals surface area contributed by atoms with Gasteiger partial charge in [-0.05, 0) is 91.2 Å². The molecule has 0 aliphatic carbocycles. The first kappa shape index (κ1) is 23.4. The van der Waals surface area contributed by atoms with Crippen molar-refractivity contribution in [3.63, 3.8) is 0 Å². The fraction of sp³-hybridized carbons (Fsp3) is 0.118. The number of anilines is 6. The number of hydrogen-bond acceptors (Lipinski definition) is 2. The van der Waals surface area contributed by atoms with Crippen LogP contribution in [0.5, 0.6) is 0 Å². The topological polar surface area (TPSA) is 6.48 Å². The van der Waals surface area contributed by atoms with E-state index >= 15 is 0 Å². The molecule has 0 heterocycles. The summed E-state index contributed by atoms with van der Waals surface area (Å²) in [5.74, 6) is 0.